The van der Waals surface area contributed by atoms with Gasteiger partial charge in [-0.05, 0) is 26.0 Å². The normalized spacial score (nSPS) is 10.9. The molecule has 0 saturated carbocycles. The molecule has 0 bridgehead atoms. The number of anilines is 1. The average molecular weight is 297 g/mol. The predicted octanol–water partition coefficient (Wildman–Crippen LogP) is 1.90. The molecule has 0 saturated heterocycles. The van der Waals surface area contributed by atoms with Crippen molar-refractivity contribution >= 4 is 11.6 Å². The SMILES string of the molecule is CC(C)n1cc(C(=O)Nc2cn[nH]c2-c2ccccn2)nn1. The van der Waals surface area contributed by atoms with Crippen LogP contribution in [0, 0.1) is 0 Å². The largest absolute Gasteiger partial charge is 0.317 e. The summed E-state index contributed by atoms with van der Waals surface area (Å²) in [6.07, 6.45) is 4.82. The zero-order valence-corrected chi connectivity index (χ0v) is 12.2. The number of amides is 1. The van der Waals surface area contributed by atoms with Crippen molar-refractivity contribution in [2.45, 2.75) is 19.9 Å². The monoisotopic (exact) mass is 297 g/mol. The number of hydrogen-bond acceptors (Lipinski definition) is 5. The van der Waals surface area contributed by atoms with Crippen molar-refractivity contribution < 1.29 is 4.79 Å². The number of nitrogens with one attached hydrogen (secondary N) is 2. The van der Waals surface area contributed by atoms with Gasteiger partial charge in [0.1, 0.15) is 5.69 Å². The molecule has 0 fully saturated rings. The standard InChI is InChI=1S/C14H15N7O/c1-9(2)21-8-12(18-20-21)14(22)17-11-7-16-19-13(11)10-5-3-4-6-15-10/h3-9H,1-2H3,(H,16,19)(H,17,22). The molecule has 3 aromatic rings. The Morgan fingerprint density at radius 2 is 2.23 bits per heavy atom. The van der Waals surface area contributed by atoms with Crippen LogP contribution < -0.4 is 5.32 Å². The van der Waals surface area contributed by atoms with Gasteiger partial charge in [-0.15, -0.1) is 5.10 Å². The lowest BCUT2D eigenvalue weighted by Crippen LogP contribution is -2.12. The van der Waals surface area contributed by atoms with Gasteiger partial charge in [-0.1, -0.05) is 11.3 Å². The number of rotatable bonds is 4. The molecule has 0 aliphatic carbocycles. The van der Waals surface area contributed by atoms with Gasteiger partial charge in [-0.25, -0.2) is 4.68 Å². The Hall–Kier alpha value is -3.03. The number of aromatic amines is 1. The van der Waals surface area contributed by atoms with Crippen molar-refractivity contribution in [2.24, 2.45) is 0 Å². The van der Waals surface area contributed by atoms with Crippen LogP contribution in [0.4, 0.5) is 5.69 Å². The van der Waals surface area contributed by atoms with E-state index >= 15 is 0 Å². The van der Waals surface area contributed by atoms with Gasteiger partial charge in [0.15, 0.2) is 5.69 Å². The molecule has 8 nitrogen and oxygen atoms in total. The topological polar surface area (TPSA) is 101 Å². The zero-order valence-electron chi connectivity index (χ0n) is 12.2. The lowest BCUT2D eigenvalue weighted by molar-refractivity contribution is 0.102. The second kappa shape index (κ2) is 5.76. The van der Waals surface area contributed by atoms with E-state index in [4.69, 9.17) is 0 Å². The predicted molar refractivity (Wildman–Crippen MR) is 80.2 cm³/mol. The fourth-order valence-electron chi connectivity index (χ4n) is 1.91. The quantitative estimate of drug-likeness (QED) is 0.765. The minimum absolute atomic E-state index is 0.145. The first-order valence-electron chi connectivity index (χ1n) is 6.83. The Bertz CT molecular complexity index is 775. The molecule has 0 unspecified atom stereocenters. The van der Waals surface area contributed by atoms with Gasteiger partial charge in [-0.2, -0.15) is 5.10 Å². The van der Waals surface area contributed by atoms with Crippen LogP contribution >= 0.6 is 0 Å². The van der Waals surface area contributed by atoms with Crippen molar-refractivity contribution in [3.05, 3.63) is 42.5 Å². The van der Waals surface area contributed by atoms with Crippen LogP contribution in [0.1, 0.15) is 30.4 Å². The second-order valence-electron chi connectivity index (χ2n) is 5.01. The molecule has 0 spiro atoms. The highest BCUT2D eigenvalue weighted by molar-refractivity contribution is 6.04. The van der Waals surface area contributed by atoms with E-state index in [-0.39, 0.29) is 17.6 Å². The van der Waals surface area contributed by atoms with Crippen LogP contribution in [0.15, 0.2) is 36.8 Å². The molecule has 0 radical (unpaired) electrons. The van der Waals surface area contributed by atoms with E-state index in [2.05, 4.69) is 30.8 Å². The van der Waals surface area contributed by atoms with E-state index < -0.39 is 0 Å². The summed E-state index contributed by atoms with van der Waals surface area (Å²) < 4.78 is 1.63. The summed E-state index contributed by atoms with van der Waals surface area (Å²) in [4.78, 5) is 16.5. The molecule has 22 heavy (non-hydrogen) atoms. The first kappa shape index (κ1) is 13.9. The van der Waals surface area contributed by atoms with E-state index in [0.717, 1.165) is 0 Å². The van der Waals surface area contributed by atoms with Crippen molar-refractivity contribution in [1.82, 2.24) is 30.2 Å². The number of nitrogens with zero attached hydrogens (tertiary/aromatic N) is 5. The summed E-state index contributed by atoms with van der Waals surface area (Å²) in [6.45, 7) is 3.93. The number of pyridine rings is 1. The van der Waals surface area contributed by atoms with E-state index in [9.17, 15) is 4.79 Å². The third kappa shape index (κ3) is 2.71. The van der Waals surface area contributed by atoms with Gasteiger partial charge in [0.2, 0.25) is 0 Å². The first-order chi connectivity index (χ1) is 10.6. The number of carbonyl (C=O) groups is 1. The number of hydrogen-bond donors (Lipinski definition) is 2. The number of aromatic nitrogens is 6. The van der Waals surface area contributed by atoms with Crippen LogP contribution in [-0.2, 0) is 0 Å². The van der Waals surface area contributed by atoms with Crippen molar-refractivity contribution in [3.8, 4) is 11.4 Å². The van der Waals surface area contributed by atoms with Crippen LogP contribution in [0.3, 0.4) is 0 Å². The second-order valence-corrected chi connectivity index (χ2v) is 5.01. The minimum Gasteiger partial charge on any atom is -0.317 e. The number of carbonyl (C=O) groups excluding carboxylic acids is 1. The molecule has 0 aromatic carbocycles. The molecular weight excluding hydrogens is 282 g/mol. The summed E-state index contributed by atoms with van der Waals surface area (Å²) in [6, 6.07) is 5.66. The van der Waals surface area contributed by atoms with E-state index in [1.807, 2.05) is 32.0 Å². The van der Waals surface area contributed by atoms with Crippen LogP contribution in [-0.4, -0.2) is 36.1 Å². The molecule has 1 amide bonds. The van der Waals surface area contributed by atoms with Gasteiger partial charge < -0.3 is 5.32 Å². The van der Waals surface area contributed by atoms with Crippen LogP contribution in [0.25, 0.3) is 11.4 Å². The summed E-state index contributed by atoms with van der Waals surface area (Å²) in [5.74, 6) is -0.342. The van der Waals surface area contributed by atoms with Gasteiger partial charge >= 0.3 is 0 Å². The highest BCUT2D eigenvalue weighted by Crippen LogP contribution is 2.23. The zero-order chi connectivity index (χ0) is 15.5. The maximum absolute atomic E-state index is 12.2. The van der Waals surface area contributed by atoms with Gasteiger partial charge in [0.05, 0.1) is 23.8 Å². The Balaban J connectivity index is 1.82. The third-order valence-corrected chi connectivity index (χ3v) is 3.08. The summed E-state index contributed by atoms with van der Waals surface area (Å²) in [5, 5.41) is 17.4. The van der Waals surface area contributed by atoms with Crippen molar-refractivity contribution in [2.75, 3.05) is 5.32 Å². The third-order valence-electron chi connectivity index (χ3n) is 3.08. The maximum atomic E-state index is 12.2. The van der Waals surface area contributed by atoms with E-state index in [1.165, 1.54) is 6.20 Å². The molecule has 2 N–H and O–H groups in total. The van der Waals surface area contributed by atoms with E-state index in [1.54, 1.807) is 17.1 Å². The first-order valence-corrected chi connectivity index (χ1v) is 6.83. The molecule has 0 atom stereocenters. The molecule has 3 aromatic heterocycles. The van der Waals surface area contributed by atoms with Crippen molar-refractivity contribution in [1.29, 1.82) is 0 Å². The van der Waals surface area contributed by atoms with Crippen molar-refractivity contribution in [3.63, 3.8) is 0 Å². The van der Waals surface area contributed by atoms with Gasteiger partial charge in [-0.3, -0.25) is 14.9 Å². The fourth-order valence-corrected chi connectivity index (χ4v) is 1.91. The minimum atomic E-state index is -0.342. The van der Waals surface area contributed by atoms with E-state index in [0.29, 0.717) is 17.1 Å². The van der Waals surface area contributed by atoms with Gasteiger partial charge in [0.25, 0.3) is 5.91 Å². The van der Waals surface area contributed by atoms with Crippen LogP contribution in [0.5, 0.6) is 0 Å². The smallest absolute Gasteiger partial charge is 0.277 e. The molecule has 8 heteroatoms. The highest BCUT2D eigenvalue weighted by Gasteiger charge is 2.16. The molecule has 112 valence electrons. The molecule has 3 rings (SSSR count). The summed E-state index contributed by atoms with van der Waals surface area (Å²) in [5.41, 5.74) is 2.14. The Morgan fingerprint density at radius 1 is 1.36 bits per heavy atom. The maximum Gasteiger partial charge on any atom is 0.277 e. The summed E-state index contributed by atoms with van der Waals surface area (Å²) in [7, 11) is 0. The average Bonchev–Trinajstić information content (AvgIpc) is 3.17. The highest BCUT2D eigenvalue weighted by atomic mass is 16.2. The van der Waals surface area contributed by atoms with Crippen LogP contribution in [0.2, 0.25) is 0 Å². The molecule has 3 heterocycles. The molecule has 0 aliphatic rings. The Labute approximate surface area is 126 Å². The molecule has 0 aliphatic heterocycles. The van der Waals surface area contributed by atoms with Gasteiger partial charge in [0, 0.05) is 12.2 Å². The lowest BCUT2D eigenvalue weighted by Gasteiger charge is -2.03. The fraction of sp³-hybridized carbons (Fsp3) is 0.214. The molecular formula is C14H15N7O. The lowest BCUT2D eigenvalue weighted by atomic mass is 10.2. The Morgan fingerprint density at radius 3 is 2.91 bits per heavy atom. The number of H-pyrrole nitrogens is 1. The Kier molecular flexibility index (Phi) is 3.65. The summed E-state index contributed by atoms with van der Waals surface area (Å²) >= 11 is 0.